The van der Waals surface area contributed by atoms with Crippen molar-refractivity contribution in [3.63, 3.8) is 0 Å². The van der Waals surface area contributed by atoms with Crippen LogP contribution < -0.4 is 10.9 Å². The second-order valence-corrected chi connectivity index (χ2v) is 6.48. The third kappa shape index (κ3) is 4.43. The van der Waals surface area contributed by atoms with Crippen LogP contribution in [-0.2, 0) is 16.6 Å². The first-order valence-electron chi connectivity index (χ1n) is 8.95. The van der Waals surface area contributed by atoms with Crippen molar-refractivity contribution in [1.29, 1.82) is 0 Å². The van der Waals surface area contributed by atoms with Gasteiger partial charge in [-0.2, -0.15) is 5.10 Å². The number of amides is 1. The predicted octanol–water partition coefficient (Wildman–Crippen LogP) is 2.82. The standard InChI is InChI=1S/C21H21N3O4/c1-14-7-5-8-15(13-14)22-18(25)11-6-12-28-21(27)19-16-9-3-4-10-17(16)20(26)24(2)23-19/h3-5,7-10,13H,6,11-12H2,1-2H3,(H,22,25). The van der Waals surface area contributed by atoms with Crippen molar-refractivity contribution >= 4 is 28.3 Å². The monoisotopic (exact) mass is 379 g/mol. The molecule has 0 radical (unpaired) electrons. The highest BCUT2D eigenvalue weighted by atomic mass is 16.5. The van der Waals surface area contributed by atoms with Crippen LogP contribution >= 0.6 is 0 Å². The number of esters is 1. The summed E-state index contributed by atoms with van der Waals surface area (Å²) in [6.45, 7) is 2.03. The minimum Gasteiger partial charge on any atom is -0.461 e. The Morgan fingerprint density at radius 3 is 2.61 bits per heavy atom. The summed E-state index contributed by atoms with van der Waals surface area (Å²) in [6.07, 6.45) is 0.607. The van der Waals surface area contributed by atoms with Crippen LogP contribution in [-0.4, -0.2) is 28.3 Å². The zero-order chi connectivity index (χ0) is 20.1. The summed E-state index contributed by atoms with van der Waals surface area (Å²) in [4.78, 5) is 36.5. The van der Waals surface area contributed by atoms with E-state index in [1.807, 2.05) is 31.2 Å². The Labute approximate surface area is 161 Å². The number of ether oxygens (including phenoxy) is 1. The molecule has 0 aliphatic rings. The first-order chi connectivity index (χ1) is 13.5. The number of anilines is 1. The average Bonchev–Trinajstić information content (AvgIpc) is 2.68. The Kier molecular flexibility index (Phi) is 5.84. The highest BCUT2D eigenvalue weighted by Gasteiger charge is 2.16. The first kappa shape index (κ1) is 19.3. The van der Waals surface area contributed by atoms with Gasteiger partial charge < -0.3 is 10.1 Å². The smallest absolute Gasteiger partial charge is 0.359 e. The van der Waals surface area contributed by atoms with Crippen LogP contribution in [0.25, 0.3) is 10.8 Å². The number of fused-ring (bicyclic) bond motifs is 1. The van der Waals surface area contributed by atoms with Gasteiger partial charge in [-0.1, -0.05) is 30.3 Å². The lowest BCUT2D eigenvalue weighted by Crippen LogP contribution is -2.24. The van der Waals surface area contributed by atoms with E-state index in [0.717, 1.165) is 15.9 Å². The molecule has 28 heavy (non-hydrogen) atoms. The maximum absolute atomic E-state index is 12.4. The molecular weight excluding hydrogens is 358 g/mol. The number of carbonyl (C=O) groups is 2. The molecule has 144 valence electrons. The van der Waals surface area contributed by atoms with E-state index >= 15 is 0 Å². The highest BCUT2D eigenvalue weighted by Crippen LogP contribution is 2.14. The second-order valence-electron chi connectivity index (χ2n) is 6.48. The summed E-state index contributed by atoms with van der Waals surface area (Å²) in [5.41, 5.74) is 1.61. The van der Waals surface area contributed by atoms with Gasteiger partial charge in [0.2, 0.25) is 5.91 Å². The normalized spacial score (nSPS) is 10.6. The SMILES string of the molecule is Cc1cccc(NC(=O)CCCOC(=O)c2nn(C)c(=O)c3ccccc23)c1. The van der Waals surface area contributed by atoms with Crippen molar-refractivity contribution in [2.75, 3.05) is 11.9 Å². The topological polar surface area (TPSA) is 90.3 Å². The number of benzene rings is 2. The number of aromatic nitrogens is 2. The molecule has 0 fully saturated rings. The van der Waals surface area contributed by atoms with Crippen LogP contribution in [0.15, 0.2) is 53.3 Å². The van der Waals surface area contributed by atoms with Gasteiger partial charge in [-0.3, -0.25) is 9.59 Å². The average molecular weight is 379 g/mol. The second kappa shape index (κ2) is 8.47. The van der Waals surface area contributed by atoms with Crippen molar-refractivity contribution in [2.24, 2.45) is 7.05 Å². The molecule has 0 unspecified atom stereocenters. The summed E-state index contributed by atoms with van der Waals surface area (Å²) in [6, 6.07) is 14.3. The molecular formula is C21H21N3O4. The quantitative estimate of drug-likeness (QED) is 0.525. The van der Waals surface area contributed by atoms with Gasteiger partial charge >= 0.3 is 5.97 Å². The van der Waals surface area contributed by atoms with E-state index in [4.69, 9.17) is 4.74 Å². The van der Waals surface area contributed by atoms with Crippen LogP contribution in [0.3, 0.4) is 0 Å². The lowest BCUT2D eigenvalue weighted by atomic mass is 10.1. The number of carbonyl (C=O) groups excluding carboxylic acids is 2. The molecule has 0 aliphatic carbocycles. The van der Waals surface area contributed by atoms with E-state index < -0.39 is 5.97 Å². The maximum Gasteiger partial charge on any atom is 0.359 e. The lowest BCUT2D eigenvalue weighted by Gasteiger charge is -2.09. The molecule has 0 saturated heterocycles. The number of hydrogen-bond acceptors (Lipinski definition) is 5. The zero-order valence-corrected chi connectivity index (χ0v) is 15.8. The highest BCUT2D eigenvalue weighted by molar-refractivity contribution is 6.02. The molecule has 0 spiro atoms. The fraction of sp³-hybridized carbons (Fsp3) is 0.238. The van der Waals surface area contributed by atoms with Gasteiger partial charge in [-0.05, 0) is 37.1 Å². The number of hydrogen-bond donors (Lipinski definition) is 1. The van der Waals surface area contributed by atoms with Gasteiger partial charge in [-0.15, -0.1) is 0 Å². The van der Waals surface area contributed by atoms with Gasteiger partial charge in [0.25, 0.3) is 5.56 Å². The summed E-state index contributed by atoms with van der Waals surface area (Å²) in [7, 11) is 1.49. The van der Waals surface area contributed by atoms with Crippen LogP contribution in [0.2, 0.25) is 0 Å². The van der Waals surface area contributed by atoms with Crippen LogP contribution in [0.1, 0.15) is 28.9 Å². The van der Waals surface area contributed by atoms with Crippen molar-refractivity contribution in [3.05, 3.63) is 70.1 Å². The van der Waals surface area contributed by atoms with Gasteiger partial charge in [0, 0.05) is 24.5 Å². The molecule has 1 amide bonds. The van der Waals surface area contributed by atoms with E-state index in [1.165, 1.54) is 7.05 Å². The Hall–Kier alpha value is -3.48. The molecule has 1 aromatic heterocycles. The molecule has 0 saturated carbocycles. The maximum atomic E-state index is 12.4. The van der Waals surface area contributed by atoms with E-state index in [2.05, 4.69) is 10.4 Å². The molecule has 1 heterocycles. The van der Waals surface area contributed by atoms with E-state index in [1.54, 1.807) is 24.3 Å². The third-order valence-electron chi connectivity index (χ3n) is 4.23. The van der Waals surface area contributed by atoms with Gasteiger partial charge in [0.15, 0.2) is 5.69 Å². The Morgan fingerprint density at radius 2 is 1.86 bits per heavy atom. The largest absolute Gasteiger partial charge is 0.461 e. The van der Waals surface area contributed by atoms with Crippen LogP contribution in [0.5, 0.6) is 0 Å². The van der Waals surface area contributed by atoms with Gasteiger partial charge in [0.1, 0.15) is 0 Å². The van der Waals surface area contributed by atoms with E-state index in [-0.39, 0.29) is 30.2 Å². The zero-order valence-electron chi connectivity index (χ0n) is 15.8. The van der Waals surface area contributed by atoms with Crippen molar-refractivity contribution in [2.45, 2.75) is 19.8 Å². The number of nitrogens with zero attached hydrogens (tertiary/aromatic N) is 2. The number of aryl methyl sites for hydroxylation is 2. The van der Waals surface area contributed by atoms with Crippen LogP contribution in [0, 0.1) is 6.92 Å². The van der Waals surface area contributed by atoms with Crippen molar-refractivity contribution in [3.8, 4) is 0 Å². The minimum absolute atomic E-state index is 0.0823. The molecule has 0 bridgehead atoms. The predicted molar refractivity (Wildman–Crippen MR) is 106 cm³/mol. The molecule has 0 aliphatic heterocycles. The minimum atomic E-state index is -0.620. The molecule has 2 aromatic carbocycles. The van der Waals surface area contributed by atoms with Crippen molar-refractivity contribution < 1.29 is 14.3 Å². The molecule has 3 aromatic rings. The van der Waals surface area contributed by atoms with Gasteiger partial charge in [0.05, 0.1) is 12.0 Å². The Morgan fingerprint density at radius 1 is 1.11 bits per heavy atom. The number of rotatable bonds is 6. The van der Waals surface area contributed by atoms with Crippen molar-refractivity contribution in [1.82, 2.24) is 9.78 Å². The summed E-state index contributed by atoms with van der Waals surface area (Å²) >= 11 is 0. The lowest BCUT2D eigenvalue weighted by molar-refractivity contribution is -0.116. The van der Waals surface area contributed by atoms with Gasteiger partial charge in [-0.25, -0.2) is 9.48 Å². The molecule has 7 nitrogen and oxygen atoms in total. The Balaban J connectivity index is 1.56. The Bertz CT molecular complexity index is 1090. The molecule has 1 N–H and O–H groups in total. The summed E-state index contributed by atoms with van der Waals surface area (Å²) in [5.74, 6) is -0.766. The molecule has 7 heteroatoms. The van der Waals surface area contributed by atoms with Crippen LogP contribution in [0.4, 0.5) is 5.69 Å². The molecule has 3 rings (SSSR count). The fourth-order valence-electron chi connectivity index (χ4n) is 2.86. The molecule has 0 atom stereocenters. The van der Waals surface area contributed by atoms with E-state index in [9.17, 15) is 14.4 Å². The summed E-state index contributed by atoms with van der Waals surface area (Å²) in [5, 5.41) is 7.70. The first-order valence-corrected chi connectivity index (χ1v) is 8.95. The number of nitrogens with one attached hydrogen (secondary N) is 1. The fourth-order valence-corrected chi connectivity index (χ4v) is 2.86. The van der Waals surface area contributed by atoms with E-state index in [0.29, 0.717) is 17.2 Å². The third-order valence-corrected chi connectivity index (χ3v) is 4.23. The summed E-state index contributed by atoms with van der Waals surface area (Å²) < 4.78 is 6.37.